The van der Waals surface area contributed by atoms with Crippen molar-refractivity contribution in [2.75, 3.05) is 0 Å². The smallest absolute Gasteiger partial charge is 0.328 e. The summed E-state index contributed by atoms with van der Waals surface area (Å²) in [6.07, 6.45) is 3.96. The molecule has 2 saturated heterocycles. The van der Waals surface area contributed by atoms with Crippen molar-refractivity contribution >= 4 is 21.7 Å². The summed E-state index contributed by atoms with van der Waals surface area (Å²) in [6, 6.07) is -1.41. The van der Waals surface area contributed by atoms with Crippen molar-refractivity contribution in [2.45, 2.75) is 62.2 Å². The number of aliphatic carboxylic acids is 1. The minimum atomic E-state index is -3.83. The minimum absolute atomic E-state index is 0.133. The highest BCUT2D eigenvalue weighted by Gasteiger charge is 2.70. The third-order valence-corrected chi connectivity index (χ3v) is 7.76. The molecule has 0 spiro atoms. The Balaban J connectivity index is 1.99. The third-order valence-electron chi connectivity index (χ3n) is 4.99. The molecule has 24 heavy (non-hydrogen) atoms. The number of carboxylic acids is 1. The summed E-state index contributed by atoms with van der Waals surface area (Å²) >= 11 is 0. The van der Waals surface area contributed by atoms with Crippen molar-refractivity contribution in [3.63, 3.8) is 0 Å². The fourth-order valence-electron chi connectivity index (χ4n) is 3.55. The van der Waals surface area contributed by atoms with Crippen molar-refractivity contribution in [1.29, 1.82) is 0 Å². The Labute approximate surface area is 139 Å². The molecule has 1 N–H and O–H groups in total. The standard InChI is InChI=1S/C14H20N4O5S/c1-3-4-5-9-7-15-16-17(9)8-14(2)12(13(20)21)18-10(19)6-11(18)24(14,22)23/h7,11-12H,3-6,8H2,1-2H3,(H,20,21)/t11-,12-,14-/m0/s1. The summed E-state index contributed by atoms with van der Waals surface area (Å²) in [4.78, 5) is 24.5. The number of carbonyl (C=O) groups excluding carboxylic acids is 1. The highest BCUT2D eigenvalue weighted by atomic mass is 32.2. The molecular weight excluding hydrogens is 336 g/mol. The van der Waals surface area contributed by atoms with Gasteiger partial charge in [-0.05, 0) is 19.8 Å². The van der Waals surface area contributed by atoms with Gasteiger partial charge >= 0.3 is 5.97 Å². The van der Waals surface area contributed by atoms with E-state index in [2.05, 4.69) is 10.3 Å². The van der Waals surface area contributed by atoms with Crippen molar-refractivity contribution in [2.24, 2.45) is 0 Å². The fraction of sp³-hybridized carbons (Fsp3) is 0.714. The average molecular weight is 356 g/mol. The summed E-state index contributed by atoms with van der Waals surface area (Å²) in [5.41, 5.74) is 0.762. The largest absolute Gasteiger partial charge is 0.480 e. The molecule has 0 radical (unpaired) electrons. The maximum absolute atomic E-state index is 12.9. The molecule has 2 fully saturated rings. The van der Waals surface area contributed by atoms with E-state index < -0.39 is 37.9 Å². The second-order valence-corrected chi connectivity index (χ2v) is 9.11. The van der Waals surface area contributed by atoms with Crippen LogP contribution in [-0.2, 0) is 32.4 Å². The summed E-state index contributed by atoms with van der Waals surface area (Å²) in [7, 11) is -3.83. The van der Waals surface area contributed by atoms with Crippen LogP contribution in [0, 0.1) is 0 Å². The van der Waals surface area contributed by atoms with Crippen LogP contribution in [0.2, 0.25) is 0 Å². The number of carbonyl (C=O) groups is 2. The van der Waals surface area contributed by atoms with Crippen LogP contribution in [0.25, 0.3) is 0 Å². The van der Waals surface area contributed by atoms with E-state index in [9.17, 15) is 23.1 Å². The lowest BCUT2D eigenvalue weighted by Gasteiger charge is -2.35. The molecule has 2 aliphatic rings. The first kappa shape index (κ1) is 16.9. The van der Waals surface area contributed by atoms with Gasteiger partial charge in [-0.3, -0.25) is 4.79 Å². The van der Waals surface area contributed by atoms with Crippen LogP contribution < -0.4 is 0 Å². The molecule has 3 rings (SSSR count). The summed E-state index contributed by atoms with van der Waals surface area (Å²) in [5.74, 6) is -1.75. The number of sulfone groups is 1. The second-order valence-electron chi connectivity index (χ2n) is 6.54. The Kier molecular flexibility index (Phi) is 3.89. The number of nitrogens with zero attached hydrogens (tertiary/aromatic N) is 4. The molecule has 1 aromatic heterocycles. The number of hydrogen-bond donors (Lipinski definition) is 1. The van der Waals surface area contributed by atoms with Gasteiger partial charge in [0.2, 0.25) is 5.91 Å². The Hall–Kier alpha value is -1.97. The van der Waals surface area contributed by atoms with E-state index in [1.165, 1.54) is 11.6 Å². The normalized spacial score (nSPS) is 30.9. The number of amides is 1. The van der Waals surface area contributed by atoms with Crippen LogP contribution in [0.4, 0.5) is 0 Å². The van der Waals surface area contributed by atoms with Crippen LogP contribution in [0.1, 0.15) is 38.8 Å². The molecule has 2 aliphatic heterocycles. The van der Waals surface area contributed by atoms with E-state index in [0.717, 1.165) is 23.4 Å². The van der Waals surface area contributed by atoms with Gasteiger partial charge in [0.1, 0.15) is 10.1 Å². The van der Waals surface area contributed by atoms with E-state index in [4.69, 9.17) is 0 Å². The average Bonchev–Trinajstić information content (AvgIpc) is 2.98. The van der Waals surface area contributed by atoms with Gasteiger partial charge in [-0.2, -0.15) is 0 Å². The number of aryl methyl sites for hydroxylation is 1. The predicted molar refractivity (Wildman–Crippen MR) is 82.6 cm³/mol. The summed E-state index contributed by atoms with van der Waals surface area (Å²) in [6.45, 7) is 3.29. The number of hydrogen-bond acceptors (Lipinski definition) is 6. The van der Waals surface area contributed by atoms with Crippen LogP contribution in [-0.4, -0.2) is 61.5 Å². The second kappa shape index (κ2) is 5.54. The molecule has 9 nitrogen and oxygen atoms in total. The van der Waals surface area contributed by atoms with Crippen molar-refractivity contribution in [1.82, 2.24) is 19.9 Å². The van der Waals surface area contributed by atoms with Crippen LogP contribution >= 0.6 is 0 Å². The zero-order valence-corrected chi connectivity index (χ0v) is 14.4. The Morgan fingerprint density at radius 3 is 2.79 bits per heavy atom. The quantitative estimate of drug-likeness (QED) is 0.701. The molecule has 0 aliphatic carbocycles. The van der Waals surface area contributed by atoms with Gasteiger partial charge in [-0.1, -0.05) is 18.6 Å². The maximum Gasteiger partial charge on any atom is 0.328 e. The molecule has 0 bridgehead atoms. The number of rotatable bonds is 6. The van der Waals surface area contributed by atoms with Gasteiger partial charge < -0.3 is 10.0 Å². The first-order valence-electron chi connectivity index (χ1n) is 7.89. The number of unbranched alkanes of at least 4 members (excludes halogenated alkanes) is 1. The zero-order chi connectivity index (χ0) is 17.7. The molecule has 0 aromatic carbocycles. The molecule has 132 valence electrons. The van der Waals surface area contributed by atoms with Crippen LogP contribution in [0.3, 0.4) is 0 Å². The van der Waals surface area contributed by atoms with Gasteiger partial charge in [0.15, 0.2) is 15.9 Å². The number of β-lactam (4-membered cyclic amide) rings is 1. The molecule has 1 amide bonds. The molecule has 10 heteroatoms. The first-order chi connectivity index (χ1) is 11.2. The Morgan fingerprint density at radius 2 is 2.21 bits per heavy atom. The topological polar surface area (TPSA) is 122 Å². The third kappa shape index (κ3) is 2.15. The monoisotopic (exact) mass is 356 g/mol. The van der Waals surface area contributed by atoms with Crippen molar-refractivity contribution < 1.29 is 23.1 Å². The molecule has 0 unspecified atom stereocenters. The highest BCUT2D eigenvalue weighted by molar-refractivity contribution is 7.93. The lowest BCUT2D eigenvalue weighted by molar-refractivity contribution is -0.157. The van der Waals surface area contributed by atoms with E-state index >= 15 is 0 Å². The lowest BCUT2D eigenvalue weighted by atomic mass is 9.96. The fourth-order valence-corrected chi connectivity index (χ4v) is 5.90. The Bertz CT molecular complexity index is 789. The zero-order valence-electron chi connectivity index (χ0n) is 13.5. The number of fused-ring (bicyclic) bond motifs is 1. The lowest BCUT2D eigenvalue weighted by Crippen LogP contribution is -2.58. The summed E-state index contributed by atoms with van der Waals surface area (Å²) < 4.78 is 25.6. The molecular formula is C14H20N4O5S. The van der Waals surface area contributed by atoms with E-state index in [-0.39, 0.29) is 13.0 Å². The van der Waals surface area contributed by atoms with Crippen molar-refractivity contribution in [3.05, 3.63) is 11.9 Å². The molecule has 0 saturated carbocycles. The highest BCUT2D eigenvalue weighted by Crippen LogP contribution is 2.46. The van der Waals surface area contributed by atoms with Gasteiger partial charge in [-0.15, -0.1) is 5.10 Å². The molecule has 1 aromatic rings. The SMILES string of the molecule is CCCCc1cnnn1C[C@@]1(C)[C@H](C(=O)O)N2C(=O)C[C@@H]2S1(=O)=O. The van der Waals surface area contributed by atoms with Gasteiger partial charge in [0.05, 0.1) is 24.9 Å². The number of aromatic nitrogens is 3. The minimum Gasteiger partial charge on any atom is -0.480 e. The molecule has 3 heterocycles. The predicted octanol–water partition coefficient (Wildman–Crippen LogP) is -0.181. The van der Waals surface area contributed by atoms with E-state index in [1.54, 1.807) is 6.20 Å². The van der Waals surface area contributed by atoms with Gasteiger partial charge in [0.25, 0.3) is 0 Å². The summed E-state index contributed by atoms with van der Waals surface area (Å²) in [5, 5.41) is 16.3. The van der Waals surface area contributed by atoms with Gasteiger partial charge in [0, 0.05) is 0 Å². The van der Waals surface area contributed by atoms with Crippen molar-refractivity contribution in [3.8, 4) is 0 Å². The van der Waals surface area contributed by atoms with Crippen LogP contribution in [0.5, 0.6) is 0 Å². The van der Waals surface area contributed by atoms with Crippen LogP contribution in [0.15, 0.2) is 6.20 Å². The Morgan fingerprint density at radius 1 is 1.50 bits per heavy atom. The molecule has 3 atom stereocenters. The van der Waals surface area contributed by atoms with E-state index in [0.29, 0.717) is 6.42 Å². The van der Waals surface area contributed by atoms with E-state index in [1.807, 2.05) is 6.92 Å². The van der Waals surface area contributed by atoms with Gasteiger partial charge in [-0.25, -0.2) is 17.9 Å². The maximum atomic E-state index is 12.9. The first-order valence-corrected chi connectivity index (χ1v) is 9.43. The number of carboxylic acid groups (broad SMARTS) is 1.